The number of ketones is 1. The Balaban J connectivity index is 2.30. The van der Waals surface area contributed by atoms with E-state index in [9.17, 15) is 18.0 Å². The second-order valence-electron chi connectivity index (χ2n) is 5.64. The molecule has 21 heavy (non-hydrogen) atoms. The van der Waals surface area contributed by atoms with Gasteiger partial charge in [-0.05, 0) is 55.8 Å². The molecule has 0 N–H and O–H groups in total. The van der Waals surface area contributed by atoms with Gasteiger partial charge >= 0.3 is 6.18 Å². The number of nitrogens with zero attached hydrogens (tertiary/aromatic N) is 1. The molecule has 5 heteroatoms. The first-order chi connectivity index (χ1) is 9.77. The molecule has 1 aromatic rings. The fourth-order valence-electron chi connectivity index (χ4n) is 2.64. The standard InChI is InChI=1S/C16H18F3NO/c1-20(2)10-12-5-8-14(21)9-15(12)11-3-6-13(7-4-11)16(17,18)19/h3-4,6-7,9,12H,5,8,10H2,1-2H3. The second kappa shape index (κ2) is 6.02. The quantitative estimate of drug-likeness (QED) is 0.849. The third kappa shape index (κ3) is 3.94. The maximum absolute atomic E-state index is 12.6. The van der Waals surface area contributed by atoms with Gasteiger partial charge in [0.1, 0.15) is 0 Å². The van der Waals surface area contributed by atoms with Crippen LogP contribution in [0.3, 0.4) is 0 Å². The zero-order valence-electron chi connectivity index (χ0n) is 12.1. The molecule has 0 aromatic heterocycles. The fraction of sp³-hybridized carbons (Fsp3) is 0.438. The van der Waals surface area contributed by atoms with E-state index in [0.29, 0.717) is 12.0 Å². The highest BCUT2D eigenvalue weighted by molar-refractivity contribution is 5.98. The molecule has 1 aliphatic rings. The van der Waals surface area contributed by atoms with E-state index in [2.05, 4.69) is 0 Å². The minimum absolute atomic E-state index is 0.0416. The summed E-state index contributed by atoms with van der Waals surface area (Å²) in [5.41, 5.74) is 0.870. The van der Waals surface area contributed by atoms with Crippen molar-refractivity contribution in [1.82, 2.24) is 4.90 Å². The van der Waals surface area contributed by atoms with Crippen LogP contribution in [-0.2, 0) is 11.0 Å². The van der Waals surface area contributed by atoms with Gasteiger partial charge in [0, 0.05) is 13.0 Å². The molecule has 0 saturated carbocycles. The molecule has 0 radical (unpaired) electrons. The van der Waals surface area contributed by atoms with Crippen molar-refractivity contribution in [3.63, 3.8) is 0 Å². The number of alkyl halides is 3. The molecule has 1 atom stereocenters. The third-order valence-electron chi connectivity index (χ3n) is 3.63. The van der Waals surface area contributed by atoms with Crippen molar-refractivity contribution < 1.29 is 18.0 Å². The van der Waals surface area contributed by atoms with Gasteiger partial charge in [-0.25, -0.2) is 0 Å². The molecule has 0 bridgehead atoms. The Morgan fingerprint density at radius 1 is 1.19 bits per heavy atom. The SMILES string of the molecule is CN(C)CC1CCC(=O)C=C1c1ccc(C(F)(F)F)cc1. The maximum Gasteiger partial charge on any atom is 0.416 e. The lowest BCUT2D eigenvalue weighted by Crippen LogP contribution is -2.25. The first kappa shape index (κ1) is 15.8. The van der Waals surface area contributed by atoms with Crippen molar-refractivity contribution in [2.45, 2.75) is 19.0 Å². The lowest BCUT2D eigenvalue weighted by Gasteiger charge is -2.27. The van der Waals surface area contributed by atoms with Crippen LogP contribution in [0.5, 0.6) is 0 Å². The lowest BCUT2D eigenvalue weighted by molar-refractivity contribution is -0.137. The normalized spacial score (nSPS) is 19.8. The maximum atomic E-state index is 12.6. The number of rotatable bonds is 3. The summed E-state index contributed by atoms with van der Waals surface area (Å²) in [6.45, 7) is 0.778. The van der Waals surface area contributed by atoms with Gasteiger partial charge in [-0.1, -0.05) is 12.1 Å². The summed E-state index contributed by atoms with van der Waals surface area (Å²) >= 11 is 0. The van der Waals surface area contributed by atoms with E-state index in [1.165, 1.54) is 12.1 Å². The van der Waals surface area contributed by atoms with E-state index in [4.69, 9.17) is 0 Å². The smallest absolute Gasteiger partial charge is 0.309 e. The molecule has 114 valence electrons. The van der Waals surface area contributed by atoms with Crippen molar-refractivity contribution >= 4 is 11.4 Å². The molecule has 0 saturated heterocycles. The fourth-order valence-corrected chi connectivity index (χ4v) is 2.64. The number of carbonyl (C=O) groups is 1. The lowest BCUT2D eigenvalue weighted by atomic mass is 9.82. The summed E-state index contributed by atoms with van der Waals surface area (Å²) in [5.74, 6) is 0.217. The number of benzene rings is 1. The summed E-state index contributed by atoms with van der Waals surface area (Å²) in [7, 11) is 3.89. The van der Waals surface area contributed by atoms with Crippen LogP contribution in [0.25, 0.3) is 5.57 Å². The van der Waals surface area contributed by atoms with Gasteiger partial charge in [0.15, 0.2) is 5.78 Å². The van der Waals surface area contributed by atoms with Crippen LogP contribution in [0.1, 0.15) is 24.0 Å². The minimum atomic E-state index is -4.33. The monoisotopic (exact) mass is 297 g/mol. The summed E-state index contributed by atoms with van der Waals surface area (Å²) < 4.78 is 37.8. The molecular formula is C16H18F3NO. The predicted octanol–water partition coefficient (Wildman–Crippen LogP) is 3.63. The topological polar surface area (TPSA) is 20.3 Å². The summed E-state index contributed by atoms with van der Waals surface area (Å²) in [4.78, 5) is 13.7. The Hall–Kier alpha value is -1.62. The zero-order chi connectivity index (χ0) is 15.6. The number of hydrogen-bond donors (Lipinski definition) is 0. The van der Waals surface area contributed by atoms with Gasteiger partial charge in [0.05, 0.1) is 5.56 Å². The van der Waals surface area contributed by atoms with Crippen LogP contribution in [0, 0.1) is 5.92 Å². The predicted molar refractivity (Wildman–Crippen MR) is 75.7 cm³/mol. The highest BCUT2D eigenvalue weighted by atomic mass is 19.4. The van der Waals surface area contributed by atoms with Crippen LogP contribution in [0.15, 0.2) is 30.3 Å². The number of carbonyl (C=O) groups excluding carboxylic acids is 1. The molecular weight excluding hydrogens is 279 g/mol. The average molecular weight is 297 g/mol. The summed E-state index contributed by atoms with van der Waals surface area (Å²) in [6.07, 6.45) is -1.51. The molecule has 2 nitrogen and oxygen atoms in total. The number of hydrogen-bond acceptors (Lipinski definition) is 2. The Morgan fingerprint density at radius 3 is 2.33 bits per heavy atom. The van der Waals surface area contributed by atoms with Crippen LogP contribution < -0.4 is 0 Å². The Morgan fingerprint density at radius 2 is 1.81 bits per heavy atom. The van der Waals surface area contributed by atoms with E-state index in [-0.39, 0.29) is 11.7 Å². The molecule has 0 aliphatic heterocycles. The molecule has 1 aromatic carbocycles. The van der Waals surface area contributed by atoms with Crippen molar-refractivity contribution in [3.05, 3.63) is 41.5 Å². The highest BCUT2D eigenvalue weighted by Crippen LogP contribution is 2.34. The van der Waals surface area contributed by atoms with Crippen LogP contribution in [0.2, 0.25) is 0 Å². The van der Waals surface area contributed by atoms with Gasteiger partial charge in [0.25, 0.3) is 0 Å². The average Bonchev–Trinajstić information content (AvgIpc) is 2.39. The van der Waals surface area contributed by atoms with E-state index in [0.717, 1.165) is 30.7 Å². The largest absolute Gasteiger partial charge is 0.416 e. The first-order valence-corrected chi connectivity index (χ1v) is 6.84. The molecule has 1 aliphatic carbocycles. The van der Waals surface area contributed by atoms with Crippen molar-refractivity contribution in [2.75, 3.05) is 20.6 Å². The van der Waals surface area contributed by atoms with Gasteiger partial charge in [-0.2, -0.15) is 13.2 Å². The molecule has 0 fully saturated rings. The Labute approximate surface area is 122 Å². The molecule has 0 spiro atoms. The van der Waals surface area contributed by atoms with Crippen LogP contribution in [-0.4, -0.2) is 31.3 Å². The highest BCUT2D eigenvalue weighted by Gasteiger charge is 2.30. The Bertz CT molecular complexity index is 544. The van der Waals surface area contributed by atoms with E-state index in [1.54, 1.807) is 6.08 Å². The van der Waals surface area contributed by atoms with Crippen molar-refractivity contribution in [2.24, 2.45) is 5.92 Å². The van der Waals surface area contributed by atoms with E-state index in [1.807, 2.05) is 19.0 Å². The minimum Gasteiger partial charge on any atom is -0.309 e. The van der Waals surface area contributed by atoms with Crippen molar-refractivity contribution in [3.8, 4) is 0 Å². The van der Waals surface area contributed by atoms with Crippen molar-refractivity contribution in [1.29, 1.82) is 0 Å². The molecule has 1 unspecified atom stereocenters. The summed E-state index contributed by atoms with van der Waals surface area (Å²) in [6, 6.07) is 5.05. The Kier molecular flexibility index (Phi) is 4.52. The molecule has 2 rings (SSSR count). The summed E-state index contributed by atoms with van der Waals surface area (Å²) in [5, 5.41) is 0. The van der Waals surface area contributed by atoms with Gasteiger partial charge in [0.2, 0.25) is 0 Å². The number of allylic oxidation sites excluding steroid dienone is 1. The van der Waals surface area contributed by atoms with Crippen LogP contribution in [0.4, 0.5) is 13.2 Å². The first-order valence-electron chi connectivity index (χ1n) is 6.84. The van der Waals surface area contributed by atoms with Gasteiger partial charge < -0.3 is 4.90 Å². The third-order valence-corrected chi connectivity index (χ3v) is 3.63. The molecule has 0 heterocycles. The van der Waals surface area contributed by atoms with Crippen LogP contribution >= 0.6 is 0 Å². The molecule has 0 amide bonds. The van der Waals surface area contributed by atoms with Gasteiger partial charge in [-0.15, -0.1) is 0 Å². The second-order valence-corrected chi connectivity index (χ2v) is 5.64. The zero-order valence-corrected chi connectivity index (χ0v) is 12.1. The van der Waals surface area contributed by atoms with E-state index < -0.39 is 11.7 Å². The van der Waals surface area contributed by atoms with Gasteiger partial charge in [-0.3, -0.25) is 4.79 Å². The number of halogens is 3. The van der Waals surface area contributed by atoms with E-state index >= 15 is 0 Å².